The quantitative estimate of drug-likeness (QED) is 0.871. The molecular weight excluding hydrogens is 274 g/mol. The molecule has 0 aromatic heterocycles. The van der Waals surface area contributed by atoms with E-state index in [1.807, 2.05) is 6.07 Å². The van der Waals surface area contributed by atoms with Gasteiger partial charge in [-0.2, -0.15) is 0 Å². The Hall–Kier alpha value is -2.00. The van der Waals surface area contributed by atoms with Crippen molar-refractivity contribution in [3.8, 4) is 11.5 Å². The average molecular weight is 297 g/mol. The van der Waals surface area contributed by atoms with Crippen LogP contribution in [0.4, 0.5) is 0 Å². The van der Waals surface area contributed by atoms with Crippen molar-refractivity contribution in [2.24, 2.45) is 0 Å². The summed E-state index contributed by atoms with van der Waals surface area (Å²) < 4.78 is 11.2. The van der Waals surface area contributed by atoms with Crippen LogP contribution in [0.2, 0.25) is 0 Å². The van der Waals surface area contributed by atoms with E-state index >= 15 is 0 Å². The summed E-state index contributed by atoms with van der Waals surface area (Å²) in [5.74, 6) is 1.71. The summed E-state index contributed by atoms with van der Waals surface area (Å²) in [4.78, 5) is 0. The second-order valence-corrected chi connectivity index (χ2v) is 5.61. The molecule has 1 N–H and O–H groups in total. The van der Waals surface area contributed by atoms with Crippen LogP contribution in [0.3, 0.4) is 0 Å². The van der Waals surface area contributed by atoms with Crippen molar-refractivity contribution < 1.29 is 9.47 Å². The summed E-state index contributed by atoms with van der Waals surface area (Å²) >= 11 is 0. The van der Waals surface area contributed by atoms with Gasteiger partial charge in [-0.3, -0.25) is 0 Å². The van der Waals surface area contributed by atoms with Crippen LogP contribution in [-0.4, -0.2) is 13.2 Å². The highest BCUT2D eigenvalue weighted by Crippen LogP contribution is 2.31. The van der Waals surface area contributed by atoms with Gasteiger partial charge >= 0.3 is 0 Å². The number of hydrogen-bond donors (Lipinski definition) is 1. The summed E-state index contributed by atoms with van der Waals surface area (Å²) in [6, 6.07) is 17.2. The van der Waals surface area contributed by atoms with Crippen LogP contribution in [0, 0.1) is 0 Å². The molecule has 0 saturated heterocycles. The van der Waals surface area contributed by atoms with Gasteiger partial charge in [0.1, 0.15) is 13.2 Å². The fraction of sp³-hybridized carbons (Fsp3) is 0.368. The van der Waals surface area contributed by atoms with Crippen LogP contribution >= 0.6 is 0 Å². The second kappa shape index (κ2) is 7.32. The fourth-order valence-electron chi connectivity index (χ4n) is 2.80. The summed E-state index contributed by atoms with van der Waals surface area (Å²) in [6.45, 7) is 4.32. The van der Waals surface area contributed by atoms with Crippen molar-refractivity contribution in [1.82, 2.24) is 5.32 Å². The normalized spacial score (nSPS) is 14.6. The minimum absolute atomic E-state index is 0.388. The van der Waals surface area contributed by atoms with Crippen LogP contribution in [0.5, 0.6) is 11.5 Å². The van der Waals surface area contributed by atoms with Gasteiger partial charge in [0.05, 0.1) is 0 Å². The third-order valence-electron chi connectivity index (χ3n) is 3.94. The lowest BCUT2D eigenvalue weighted by atomic mass is 10.0. The largest absolute Gasteiger partial charge is 0.486 e. The van der Waals surface area contributed by atoms with E-state index in [1.165, 1.54) is 11.1 Å². The lowest BCUT2D eigenvalue weighted by molar-refractivity contribution is 0.171. The monoisotopic (exact) mass is 297 g/mol. The van der Waals surface area contributed by atoms with E-state index in [2.05, 4.69) is 54.7 Å². The molecule has 0 radical (unpaired) electrons. The van der Waals surface area contributed by atoms with Gasteiger partial charge < -0.3 is 14.8 Å². The predicted octanol–water partition coefficient (Wildman–Crippen LogP) is 4.09. The molecule has 1 aliphatic rings. The zero-order valence-corrected chi connectivity index (χ0v) is 13.0. The van der Waals surface area contributed by atoms with Crippen molar-refractivity contribution >= 4 is 0 Å². The molecule has 0 amide bonds. The minimum atomic E-state index is 0.388. The first kappa shape index (κ1) is 14.9. The number of ether oxygens (including phenoxy) is 2. The fourth-order valence-corrected chi connectivity index (χ4v) is 2.80. The van der Waals surface area contributed by atoms with Crippen molar-refractivity contribution in [2.75, 3.05) is 13.2 Å². The molecule has 0 bridgehead atoms. The first-order valence-electron chi connectivity index (χ1n) is 8.03. The minimum Gasteiger partial charge on any atom is -0.486 e. The van der Waals surface area contributed by atoms with Gasteiger partial charge in [-0.25, -0.2) is 0 Å². The number of rotatable bonds is 6. The van der Waals surface area contributed by atoms with Crippen molar-refractivity contribution in [3.05, 3.63) is 59.7 Å². The van der Waals surface area contributed by atoms with Crippen LogP contribution in [-0.2, 0) is 6.54 Å². The first-order valence-corrected chi connectivity index (χ1v) is 8.03. The Kier molecular flexibility index (Phi) is 4.96. The third-order valence-corrected chi connectivity index (χ3v) is 3.94. The van der Waals surface area contributed by atoms with Gasteiger partial charge in [-0.15, -0.1) is 0 Å². The molecule has 2 aromatic carbocycles. The van der Waals surface area contributed by atoms with E-state index in [-0.39, 0.29) is 0 Å². The van der Waals surface area contributed by atoms with E-state index in [1.54, 1.807) is 0 Å². The molecule has 1 atom stereocenters. The van der Waals surface area contributed by atoms with Crippen LogP contribution < -0.4 is 14.8 Å². The Morgan fingerprint density at radius 2 is 1.77 bits per heavy atom. The van der Waals surface area contributed by atoms with Gasteiger partial charge in [-0.05, 0) is 29.7 Å². The second-order valence-electron chi connectivity index (χ2n) is 5.61. The molecule has 0 saturated carbocycles. The standard InChI is InChI=1S/C19H23NO2/c1-2-6-17(16-7-4-3-5-8-16)20-14-15-9-10-18-19(13-15)22-12-11-21-18/h3-5,7-10,13,17,20H,2,6,11-12,14H2,1H3. The molecule has 0 fully saturated rings. The number of fused-ring (bicyclic) bond motifs is 1. The highest BCUT2D eigenvalue weighted by molar-refractivity contribution is 5.43. The lowest BCUT2D eigenvalue weighted by Gasteiger charge is -2.21. The Balaban J connectivity index is 1.67. The molecule has 0 aliphatic carbocycles. The highest BCUT2D eigenvalue weighted by Gasteiger charge is 2.13. The Labute approximate surface area is 132 Å². The molecule has 3 heteroatoms. The Morgan fingerprint density at radius 1 is 1.00 bits per heavy atom. The zero-order valence-electron chi connectivity index (χ0n) is 13.0. The van der Waals surface area contributed by atoms with Crippen LogP contribution in [0.15, 0.2) is 48.5 Å². The molecule has 116 valence electrons. The maximum Gasteiger partial charge on any atom is 0.161 e. The van der Waals surface area contributed by atoms with Crippen molar-refractivity contribution in [2.45, 2.75) is 32.4 Å². The van der Waals surface area contributed by atoms with E-state index < -0.39 is 0 Å². The maximum absolute atomic E-state index is 5.65. The van der Waals surface area contributed by atoms with Gasteiger partial charge in [0.25, 0.3) is 0 Å². The molecule has 1 aliphatic heterocycles. The van der Waals surface area contributed by atoms with Crippen molar-refractivity contribution in [3.63, 3.8) is 0 Å². The molecule has 1 unspecified atom stereocenters. The van der Waals surface area contributed by atoms with Crippen LogP contribution in [0.1, 0.15) is 36.9 Å². The molecule has 3 nitrogen and oxygen atoms in total. The topological polar surface area (TPSA) is 30.5 Å². The maximum atomic E-state index is 5.65. The van der Waals surface area contributed by atoms with E-state index in [0.717, 1.165) is 30.9 Å². The molecule has 3 rings (SSSR count). The Bertz CT molecular complexity index is 598. The third kappa shape index (κ3) is 3.60. The first-order chi connectivity index (χ1) is 10.9. The smallest absolute Gasteiger partial charge is 0.161 e. The van der Waals surface area contributed by atoms with Gasteiger partial charge in [0.15, 0.2) is 11.5 Å². The SMILES string of the molecule is CCCC(NCc1ccc2c(c1)OCCO2)c1ccccc1. The molecule has 1 heterocycles. The number of nitrogens with one attached hydrogen (secondary N) is 1. The number of hydrogen-bond acceptors (Lipinski definition) is 3. The summed E-state index contributed by atoms with van der Waals surface area (Å²) in [7, 11) is 0. The van der Waals surface area contributed by atoms with Gasteiger partial charge in [-0.1, -0.05) is 49.7 Å². The van der Waals surface area contributed by atoms with E-state index in [9.17, 15) is 0 Å². The lowest BCUT2D eigenvalue weighted by Crippen LogP contribution is -2.21. The van der Waals surface area contributed by atoms with Crippen LogP contribution in [0.25, 0.3) is 0 Å². The average Bonchev–Trinajstić information content (AvgIpc) is 2.59. The molecule has 22 heavy (non-hydrogen) atoms. The highest BCUT2D eigenvalue weighted by atomic mass is 16.6. The zero-order chi connectivity index (χ0) is 15.2. The number of benzene rings is 2. The van der Waals surface area contributed by atoms with Gasteiger partial charge in [0.2, 0.25) is 0 Å². The molecular formula is C19H23NO2. The molecule has 0 spiro atoms. The van der Waals surface area contributed by atoms with E-state index in [0.29, 0.717) is 19.3 Å². The van der Waals surface area contributed by atoms with Crippen molar-refractivity contribution in [1.29, 1.82) is 0 Å². The van der Waals surface area contributed by atoms with Gasteiger partial charge in [0, 0.05) is 12.6 Å². The summed E-state index contributed by atoms with van der Waals surface area (Å²) in [6.07, 6.45) is 2.29. The van der Waals surface area contributed by atoms with E-state index in [4.69, 9.17) is 9.47 Å². The summed E-state index contributed by atoms with van der Waals surface area (Å²) in [5, 5.41) is 3.66. The Morgan fingerprint density at radius 3 is 2.55 bits per heavy atom. The molecule has 2 aromatic rings. The summed E-state index contributed by atoms with van der Waals surface area (Å²) in [5.41, 5.74) is 2.57. The predicted molar refractivity (Wildman–Crippen MR) is 88.4 cm³/mol.